The Hall–Kier alpha value is -2.89. The first-order valence-electron chi connectivity index (χ1n) is 6.54. The second-order valence-electron chi connectivity index (χ2n) is 4.76. The molecule has 0 amide bonds. The molecule has 0 N–H and O–H groups in total. The third-order valence-electron chi connectivity index (χ3n) is 3.32. The van der Waals surface area contributed by atoms with Crippen molar-refractivity contribution >= 4 is 17.1 Å². The molecule has 0 bridgehead atoms. The van der Waals surface area contributed by atoms with Gasteiger partial charge in [-0.15, -0.1) is 0 Å². The number of oxazole rings is 1. The Morgan fingerprint density at radius 3 is 2.82 bits per heavy atom. The van der Waals surface area contributed by atoms with Crippen LogP contribution in [0.3, 0.4) is 0 Å². The summed E-state index contributed by atoms with van der Waals surface area (Å²) in [5.41, 5.74) is 1.75. The van der Waals surface area contributed by atoms with Crippen molar-refractivity contribution in [3.05, 3.63) is 70.0 Å². The van der Waals surface area contributed by atoms with Crippen LogP contribution in [0.2, 0.25) is 0 Å². The van der Waals surface area contributed by atoms with E-state index in [1.165, 1.54) is 29.9 Å². The molecule has 2 aromatic carbocycles. The molecule has 6 heteroatoms. The molecule has 5 nitrogen and oxygen atoms in total. The molecular formula is C16H12FNO4. The summed E-state index contributed by atoms with van der Waals surface area (Å²) in [6.07, 6.45) is 0. The molecule has 0 fully saturated rings. The number of halogens is 1. The second-order valence-corrected chi connectivity index (χ2v) is 4.76. The minimum Gasteiger partial charge on any atom is -0.465 e. The highest BCUT2D eigenvalue weighted by molar-refractivity contribution is 5.93. The predicted molar refractivity (Wildman–Crippen MR) is 77.3 cm³/mol. The Balaban J connectivity index is 2.05. The van der Waals surface area contributed by atoms with Gasteiger partial charge in [-0.1, -0.05) is 12.1 Å². The van der Waals surface area contributed by atoms with E-state index in [2.05, 4.69) is 4.74 Å². The lowest BCUT2D eigenvalue weighted by atomic mass is 10.2. The Bertz CT molecular complexity index is 910. The lowest BCUT2D eigenvalue weighted by Gasteiger charge is -2.03. The van der Waals surface area contributed by atoms with E-state index in [0.29, 0.717) is 16.6 Å². The van der Waals surface area contributed by atoms with Gasteiger partial charge in [-0.25, -0.2) is 14.0 Å². The van der Waals surface area contributed by atoms with E-state index < -0.39 is 11.7 Å². The summed E-state index contributed by atoms with van der Waals surface area (Å²) in [5.74, 6) is -1.45. The normalized spacial score (nSPS) is 10.8. The van der Waals surface area contributed by atoms with Crippen molar-refractivity contribution in [2.45, 2.75) is 6.54 Å². The van der Waals surface area contributed by atoms with Crippen LogP contribution < -0.4 is 5.76 Å². The maximum atomic E-state index is 13.2. The summed E-state index contributed by atoms with van der Waals surface area (Å²) in [5, 5.41) is 0. The highest BCUT2D eigenvalue weighted by Gasteiger charge is 2.13. The Morgan fingerprint density at radius 1 is 1.27 bits per heavy atom. The number of hydrogen-bond donors (Lipinski definition) is 0. The van der Waals surface area contributed by atoms with Crippen molar-refractivity contribution in [2.24, 2.45) is 0 Å². The molecule has 0 aliphatic carbocycles. The fourth-order valence-electron chi connectivity index (χ4n) is 2.28. The smallest absolute Gasteiger partial charge is 0.420 e. The molecule has 3 rings (SSSR count). The molecule has 0 radical (unpaired) electrons. The number of esters is 1. The number of fused-ring (bicyclic) bond motifs is 1. The number of ether oxygens (including phenoxy) is 1. The Kier molecular flexibility index (Phi) is 3.50. The molecule has 1 heterocycles. The Morgan fingerprint density at radius 2 is 2.09 bits per heavy atom. The van der Waals surface area contributed by atoms with Gasteiger partial charge in [0.2, 0.25) is 0 Å². The van der Waals surface area contributed by atoms with E-state index in [1.807, 2.05) is 0 Å². The van der Waals surface area contributed by atoms with Crippen molar-refractivity contribution in [2.75, 3.05) is 7.11 Å². The number of benzene rings is 2. The zero-order chi connectivity index (χ0) is 15.7. The van der Waals surface area contributed by atoms with Crippen LogP contribution in [0.4, 0.5) is 4.39 Å². The van der Waals surface area contributed by atoms with Gasteiger partial charge >= 0.3 is 11.7 Å². The monoisotopic (exact) mass is 301 g/mol. The molecule has 0 aliphatic heterocycles. The quantitative estimate of drug-likeness (QED) is 0.698. The van der Waals surface area contributed by atoms with Crippen LogP contribution in [0.5, 0.6) is 0 Å². The predicted octanol–water partition coefficient (Wildman–Crippen LogP) is 2.57. The van der Waals surface area contributed by atoms with Crippen molar-refractivity contribution < 1.29 is 18.3 Å². The maximum absolute atomic E-state index is 13.2. The maximum Gasteiger partial charge on any atom is 0.420 e. The molecule has 0 atom stereocenters. The zero-order valence-electron chi connectivity index (χ0n) is 11.7. The topological polar surface area (TPSA) is 61.4 Å². The largest absolute Gasteiger partial charge is 0.465 e. The van der Waals surface area contributed by atoms with Gasteiger partial charge in [-0.3, -0.25) is 4.57 Å². The summed E-state index contributed by atoms with van der Waals surface area (Å²) < 4.78 is 24.4. The minimum atomic E-state index is -0.568. The van der Waals surface area contributed by atoms with Gasteiger partial charge in [0.25, 0.3) is 0 Å². The van der Waals surface area contributed by atoms with Gasteiger partial charge in [-0.2, -0.15) is 0 Å². The minimum absolute atomic E-state index is 0.182. The van der Waals surface area contributed by atoms with Gasteiger partial charge in [0.15, 0.2) is 5.58 Å². The first-order chi connectivity index (χ1) is 10.6. The summed E-state index contributed by atoms with van der Waals surface area (Å²) in [4.78, 5) is 23.5. The van der Waals surface area contributed by atoms with E-state index in [4.69, 9.17) is 4.42 Å². The van der Waals surface area contributed by atoms with Crippen LogP contribution in [0.25, 0.3) is 11.1 Å². The van der Waals surface area contributed by atoms with E-state index in [0.717, 1.165) is 0 Å². The van der Waals surface area contributed by atoms with Crippen LogP contribution in [-0.2, 0) is 11.3 Å². The second kappa shape index (κ2) is 5.48. The van der Waals surface area contributed by atoms with Gasteiger partial charge in [0.05, 0.1) is 24.7 Å². The number of carbonyl (C=O) groups excluding carboxylic acids is 1. The number of nitrogens with zero attached hydrogens (tertiary/aromatic N) is 1. The van der Waals surface area contributed by atoms with Gasteiger partial charge in [0, 0.05) is 0 Å². The van der Waals surface area contributed by atoms with Gasteiger partial charge in [0.1, 0.15) is 5.82 Å². The highest BCUT2D eigenvalue weighted by Crippen LogP contribution is 2.17. The average Bonchev–Trinajstić information content (AvgIpc) is 2.81. The Labute approximate surface area is 124 Å². The van der Waals surface area contributed by atoms with Crippen LogP contribution in [-0.4, -0.2) is 17.6 Å². The molecular weight excluding hydrogens is 289 g/mol. The zero-order valence-corrected chi connectivity index (χ0v) is 11.7. The third kappa shape index (κ3) is 2.50. The van der Waals surface area contributed by atoms with Crippen LogP contribution in [0.1, 0.15) is 15.9 Å². The number of rotatable bonds is 3. The molecule has 0 aliphatic rings. The van der Waals surface area contributed by atoms with E-state index in [9.17, 15) is 14.0 Å². The lowest BCUT2D eigenvalue weighted by Crippen LogP contribution is -2.14. The molecule has 0 unspecified atom stereocenters. The average molecular weight is 301 g/mol. The lowest BCUT2D eigenvalue weighted by molar-refractivity contribution is 0.0601. The van der Waals surface area contributed by atoms with Crippen LogP contribution in [0, 0.1) is 5.82 Å². The first kappa shape index (κ1) is 14.1. The third-order valence-corrected chi connectivity index (χ3v) is 3.32. The molecule has 112 valence electrons. The summed E-state index contributed by atoms with van der Waals surface area (Å²) in [7, 11) is 1.28. The highest BCUT2D eigenvalue weighted by atomic mass is 19.1. The summed E-state index contributed by atoms with van der Waals surface area (Å²) in [6.45, 7) is 0.182. The van der Waals surface area contributed by atoms with E-state index >= 15 is 0 Å². The van der Waals surface area contributed by atoms with E-state index in [-0.39, 0.29) is 17.9 Å². The van der Waals surface area contributed by atoms with E-state index in [1.54, 1.807) is 24.3 Å². The SMILES string of the molecule is COC(=O)c1ccc2c(c1)oc(=O)n2Cc1cccc(F)c1. The van der Waals surface area contributed by atoms with Crippen molar-refractivity contribution in [3.8, 4) is 0 Å². The van der Waals surface area contributed by atoms with Crippen LogP contribution >= 0.6 is 0 Å². The van der Waals surface area contributed by atoms with Crippen molar-refractivity contribution in [1.82, 2.24) is 4.57 Å². The van der Waals surface area contributed by atoms with Crippen molar-refractivity contribution in [1.29, 1.82) is 0 Å². The fourth-order valence-corrected chi connectivity index (χ4v) is 2.28. The summed E-state index contributed by atoms with van der Waals surface area (Å²) in [6, 6.07) is 10.6. The number of hydrogen-bond acceptors (Lipinski definition) is 4. The molecule has 3 aromatic rings. The van der Waals surface area contributed by atoms with Crippen LogP contribution in [0.15, 0.2) is 51.7 Å². The first-order valence-corrected chi connectivity index (χ1v) is 6.54. The van der Waals surface area contributed by atoms with Gasteiger partial charge < -0.3 is 9.15 Å². The number of carbonyl (C=O) groups is 1. The molecule has 22 heavy (non-hydrogen) atoms. The molecule has 0 spiro atoms. The summed E-state index contributed by atoms with van der Waals surface area (Å²) >= 11 is 0. The molecule has 0 saturated heterocycles. The fraction of sp³-hybridized carbons (Fsp3) is 0.125. The number of aromatic nitrogens is 1. The van der Waals surface area contributed by atoms with Crippen molar-refractivity contribution in [3.63, 3.8) is 0 Å². The number of methoxy groups -OCH3 is 1. The standard InChI is InChI=1S/C16H12FNO4/c1-21-15(19)11-5-6-13-14(8-11)22-16(20)18(13)9-10-3-2-4-12(17)7-10/h2-8H,9H2,1H3. The molecule has 0 saturated carbocycles. The molecule has 1 aromatic heterocycles. The van der Waals surface area contributed by atoms with Gasteiger partial charge in [-0.05, 0) is 35.9 Å².